The SMILES string of the molecule is COc1ccccc1C(Oc1cc(F)ccc1Br)C(C)N. The van der Waals surface area contributed by atoms with Gasteiger partial charge in [-0.05, 0) is 41.1 Å². The van der Waals surface area contributed by atoms with Crippen molar-refractivity contribution < 1.29 is 13.9 Å². The summed E-state index contributed by atoms with van der Waals surface area (Å²) in [5, 5.41) is 0. The van der Waals surface area contributed by atoms with E-state index in [9.17, 15) is 4.39 Å². The van der Waals surface area contributed by atoms with Gasteiger partial charge in [0.25, 0.3) is 0 Å². The van der Waals surface area contributed by atoms with Gasteiger partial charge in [-0.25, -0.2) is 4.39 Å². The lowest BCUT2D eigenvalue weighted by atomic mass is 10.0. The Hall–Kier alpha value is -1.59. The molecule has 3 nitrogen and oxygen atoms in total. The number of nitrogens with two attached hydrogens (primary N) is 1. The van der Waals surface area contributed by atoms with E-state index in [1.807, 2.05) is 31.2 Å². The topological polar surface area (TPSA) is 44.5 Å². The van der Waals surface area contributed by atoms with Gasteiger partial charge in [-0.15, -0.1) is 0 Å². The summed E-state index contributed by atoms with van der Waals surface area (Å²) in [4.78, 5) is 0. The largest absolute Gasteiger partial charge is 0.496 e. The number of rotatable bonds is 5. The maximum absolute atomic E-state index is 13.4. The molecule has 0 amide bonds. The highest BCUT2D eigenvalue weighted by atomic mass is 79.9. The van der Waals surface area contributed by atoms with Crippen LogP contribution in [0.25, 0.3) is 0 Å². The molecule has 0 bridgehead atoms. The van der Waals surface area contributed by atoms with Gasteiger partial charge in [-0.1, -0.05) is 18.2 Å². The molecule has 0 saturated heterocycles. The fraction of sp³-hybridized carbons (Fsp3) is 0.250. The third kappa shape index (κ3) is 3.74. The number of hydrogen-bond acceptors (Lipinski definition) is 3. The smallest absolute Gasteiger partial charge is 0.142 e. The number of halogens is 2. The molecule has 21 heavy (non-hydrogen) atoms. The molecule has 0 saturated carbocycles. The third-order valence-electron chi connectivity index (χ3n) is 3.07. The van der Waals surface area contributed by atoms with E-state index in [4.69, 9.17) is 15.2 Å². The molecular weight excluding hydrogens is 337 g/mol. The van der Waals surface area contributed by atoms with Crippen molar-refractivity contribution in [2.24, 2.45) is 5.73 Å². The minimum atomic E-state index is -0.445. The molecule has 0 aromatic heterocycles. The number of para-hydroxylation sites is 1. The number of methoxy groups -OCH3 is 1. The maximum Gasteiger partial charge on any atom is 0.142 e. The van der Waals surface area contributed by atoms with Crippen LogP contribution in [-0.2, 0) is 0 Å². The number of hydrogen-bond donors (Lipinski definition) is 1. The van der Waals surface area contributed by atoms with Gasteiger partial charge in [0, 0.05) is 17.7 Å². The van der Waals surface area contributed by atoms with Gasteiger partial charge in [-0.3, -0.25) is 0 Å². The van der Waals surface area contributed by atoms with Crippen LogP contribution in [0.4, 0.5) is 4.39 Å². The van der Waals surface area contributed by atoms with E-state index in [-0.39, 0.29) is 11.9 Å². The van der Waals surface area contributed by atoms with Gasteiger partial charge in [-0.2, -0.15) is 0 Å². The van der Waals surface area contributed by atoms with Crippen LogP contribution < -0.4 is 15.2 Å². The Morgan fingerprint density at radius 2 is 1.86 bits per heavy atom. The molecule has 2 aromatic rings. The monoisotopic (exact) mass is 353 g/mol. The van der Waals surface area contributed by atoms with E-state index in [2.05, 4.69) is 15.9 Å². The molecule has 0 fully saturated rings. The summed E-state index contributed by atoms with van der Waals surface area (Å²) in [5.74, 6) is 0.729. The van der Waals surface area contributed by atoms with Gasteiger partial charge in [0.1, 0.15) is 23.4 Å². The Morgan fingerprint density at radius 3 is 2.52 bits per heavy atom. The molecule has 2 aromatic carbocycles. The lowest BCUT2D eigenvalue weighted by Crippen LogP contribution is -2.29. The summed E-state index contributed by atoms with van der Waals surface area (Å²) in [6.07, 6.45) is -0.445. The van der Waals surface area contributed by atoms with Gasteiger partial charge < -0.3 is 15.2 Å². The molecule has 2 rings (SSSR count). The average molecular weight is 354 g/mol. The van der Waals surface area contributed by atoms with E-state index in [0.717, 1.165) is 5.56 Å². The summed E-state index contributed by atoms with van der Waals surface area (Å²) >= 11 is 3.35. The lowest BCUT2D eigenvalue weighted by molar-refractivity contribution is 0.174. The maximum atomic E-state index is 13.4. The number of ether oxygens (including phenoxy) is 2. The van der Waals surface area contributed by atoms with Gasteiger partial charge in [0.2, 0.25) is 0 Å². The summed E-state index contributed by atoms with van der Waals surface area (Å²) in [5.41, 5.74) is 6.86. The highest BCUT2D eigenvalue weighted by Crippen LogP contribution is 2.34. The average Bonchev–Trinajstić information content (AvgIpc) is 2.47. The highest BCUT2D eigenvalue weighted by Gasteiger charge is 2.23. The minimum absolute atomic E-state index is 0.295. The molecule has 2 N–H and O–H groups in total. The molecule has 0 heterocycles. The van der Waals surface area contributed by atoms with Crippen LogP contribution in [0, 0.1) is 5.82 Å². The Labute approximate surface area is 132 Å². The first-order valence-electron chi connectivity index (χ1n) is 6.53. The molecule has 0 radical (unpaired) electrons. The van der Waals surface area contributed by atoms with Gasteiger partial charge in [0.15, 0.2) is 0 Å². The van der Waals surface area contributed by atoms with Crippen molar-refractivity contribution in [3.63, 3.8) is 0 Å². The summed E-state index contributed by atoms with van der Waals surface area (Å²) < 4.78 is 25.3. The van der Waals surface area contributed by atoms with Crippen molar-refractivity contribution in [2.75, 3.05) is 7.11 Å². The first kappa shape index (κ1) is 15.8. The van der Waals surface area contributed by atoms with E-state index in [1.165, 1.54) is 12.1 Å². The fourth-order valence-corrected chi connectivity index (χ4v) is 2.40. The predicted octanol–water partition coefficient (Wildman–Crippen LogP) is 4.06. The fourth-order valence-electron chi connectivity index (χ4n) is 2.06. The Balaban J connectivity index is 2.38. The minimum Gasteiger partial charge on any atom is -0.496 e. The van der Waals surface area contributed by atoms with Gasteiger partial charge >= 0.3 is 0 Å². The van der Waals surface area contributed by atoms with E-state index < -0.39 is 6.10 Å². The van der Waals surface area contributed by atoms with Gasteiger partial charge in [0.05, 0.1) is 11.6 Å². The molecule has 0 aliphatic heterocycles. The van der Waals surface area contributed by atoms with Crippen LogP contribution in [0.3, 0.4) is 0 Å². The van der Waals surface area contributed by atoms with Crippen LogP contribution >= 0.6 is 15.9 Å². The van der Waals surface area contributed by atoms with Crippen LogP contribution in [0.1, 0.15) is 18.6 Å². The van der Waals surface area contributed by atoms with Crippen molar-refractivity contribution >= 4 is 15.9 Å². The summed E-state index contributed by atoms with van der Waals surface area (Å²) in [6, 6.07) is 11.5. The van der Waals surface area contributed by atoms with Crippen LogP contribution in [0.2, 0.25) is 0 Å². The third-order valence-corrected chi connectivity index (χ3v) is 3.73. The quantitative estimate of drug-likeness (QED) is 0.881. The summed E-state index contributed by atoms with van der Waals surface area (Å²) in [7, 11) is 1.59. The second-order valence-corrected chi connectivity index (χ2v) is 5.57. The zero-order chi connectivity index (χ0) is 15.4. The van der Waals surface area contributed by atoms with Crippen molar-refractivity contribution in [3.8, 4) is 11.5 Å². The Morgan fingerprint density at radius 1 is 1.14 bits per heavy atom. The number of benzene rings is 2. The first-order chi connectivity index (χ1) is 10.0. The Bertz CT molecular complexity index is 619. The molecule has 2 atom stereocenters. The van der Waals surface area contributed by atoms with E-state index >= 15 is 0 Å². The van der Waals surface area contributed by atoms with Crippen molar-refractivity contribution in [2.45, 2.75) is 19.1 Å². The molecule has 2 unspecified atom stereocenters. The van der Waals surface area contributed by atoms with Crippen LogP contribution in [0.15, 0.2) is 46.9 Å². The van der Waals surface area contributed by atoms with Crippen LogP contribution in [-0.4, -0.2) is 13.2 Å². The predicted molar refractivity (Wildman–Crippen MR) is 84.1 cm³/mol. The molecule has 0 aliphatic rings. The first-order valence-corrected chi connectivity index (χ1v) is 7.32. The molecular formula is C16H17BrFNO2. The second-order valence-electron chi connectivity index (χ2n) is 4.71. The van der Waals surface area contributed by atoms with Crippen LogP contribution in [0.5, 0.6) is 11.5 Å². The molecule has 5 heteroatoms. The highest BCUT2D eigenvalue weighted by molar-refractivity contribution is 9.10. The zero-order valence-corrected chi connectivity index (χ0v) is 13.4. The standard InChI is InChI=1S/C16H17BrFNO2/c1-10(19)16(12-5-3-4-6-14(12)20-2)21-15-9-11(18)7-8-13(15)17/h3-10,16H,19H2,1-2H3. The normalized spacial score (nSPS) is 13.6. The molecule has 112 valence electrons. The summed E-state index contributed by atoms with van der Waals surface area (Å²) in [6.45, 7) is 1.84. The van der Waals surface area contributed by atoms with Crippen molar-refractivity contribution in [1.82, 2.24) is 0 Å². The zero-order valence-electron chi connectivity index (χ0n) is 11.8. The van der Waals surface area contributed by atoms with E-state index in [1.54, 1.807) is 13.2 Å². The molecule has 0 spiro atoms. The van der Waals surface area contributed by atoms with E-state index in [0.29, 0.717) is 16.0 Å². The Kier molecular flexibility index (Phi) is 5.20. The molecule has 0 aliphatic carbocycles. The van der Waals surface area contributed by atoms with Crippen molar-refractivity contribution in [1.29, 1.82) is 0 Å². The van der Waals surface area contributed by atoms with Crippen molar-refractivity contribution in [3.05, 3.63) is 58.3 Å². The lowest BCUT2D eigenvalue weighted by Gasteiger charge is -2.25. The second kappa shape index (κ2) is 6.91.